The molecule has 1 N–H and O–H groups in total. The number of carbonyl (C=O) groups excluding carboxylic acids is 2. The SMILES string of the molecule is CN(C(=O)Oc1ccc(F)cc1)[C@@]1(C(=O)C2CCN(c3ccc(Cl)nn3)CC2)CNC[C@@H]1c1ccc(Cl)c(Cl)c1. The van der Waals surface area contributed by atoms with E-state index in [0.29, 0.717) is 53.5 Å². The number of carbonyl (C=O) groups is 2. The van der Waals surface area contributed by atoms with Gasteiger partial charge in [0.15, 0.2) is 16.8 Å². The zero-order valence-corrected chi connectivity index (χ0v) is 23.9. The van der Waals surface area contributed by atoms with Crippen molar-refractivity contribution in [3.63, 3.8) is 0 Å². The van der Waals surface area contributed by atoms with Crippen molar-refractivity contribution in [1.82, 2.24) is 20.4 Å². The Kier molecular flexibility index (Phi) is 8.47. The summed E-state index contributed by atoms with van der Waals surface area (Å²) in [4.78, 5) is 31.5. The molecule has 0 radical (unpaired) electrons. The lowest BCUT2D eigenvalue weighted by Crippen LogP contribution is -2.62. The number of likely N-dealkylation sites (N-methyl/N-ethyl adjacent to an activating group) is 1. The van der Waals surface area contributed by atoms with Crippen LogP contribution in [-0.4, -0.2) is 65.7 Å². The molecule has 40 heavy (non-hydrogen) atoms. The van der Waals surface area contributed by atoms with E-state index in [1.807, 2.05) is 6.07 Å². The number of nitrogens with zero attached hydrogens (tertiary/aromatic N) is 4. The third kappa shape index (κ3) is 5.61. The lowest BCUT2D eigenvalue weighted by molar-refractivity contribution is -0.134. The van der Waals surface area contributed by atoms with E-state index in [0.717, 1.165) is 5.56 Å². The van der Waals surface area contributed by atoms with Crippen LogP contribution < -0.4 is 15.0 Å². The highest BCUT2D eigenvalue weighted by Gasteiger charge is 2.56. The van der Waals surface area contributed by atoms with Gasteiger partial charge in [-0.15, -0.1) is 10.2 Å². The summed E-state index contributed by atoms with van der Waals surface area (Å²) in [5.41, 5.74) is -0.482. The van der Waals surface area contributed by atoms with Gasteiger partial charge in [0.25, 0.3) is 0 Å². The first-order valence-electron chi connectivity index (χ1n) is 12.8. The number of ketones is 1. The number of hydrogen-bond acceptors (Lipinski definition) is 7. The fourth-order valence-corrected chi connectivity index (χ4v) is 6.04. The summed E-state index contributed by atoms with van der Waals surface area (Å²) in [7, 11) is 1.57. The van der Waals surface area contributed by atoms with Gasteiger partial charge in [-0.3, -0.25) is 9.69 Å². The van der Waals surface area contributed by atoms with E-state index in [1.54, 1.807) is 31.3 Å². The van der Waals surface area contributed by atoms with Gasteiger partial charge in [0.1, 0.15) is 17.1 Å². The predicted molar refractivity (Wildman–Crippen MR) is 152 cm³/mol. The van der Waals surface area contributed by atoms with E-state index >= 15 is 0 Å². The molecule has 1 amide bonds. The molecule has 2 aliphatic heterocycles. The molecule has 3 heterocycles. The lowest BCUT2D eigenvalue weighted by Gasteiger charge is -2.44. The van der Waals surface area contributed by atoms with Crippen molar-refractivity contribution in [2.75, 3.05) is 38.1 Å². The minimum atomic E-state index is -1.26. The highest BCUT2D eigenvalue weighted by atomic mass is 35.5. The second kappa shape index (κ2) is 11.9. The number of ether oxygens (including phenoxy) is 1. The van der Waals surface area contributed by atoms with Crippen LogP contribution >= 0.6 is 34.8 Å². The van der Waals surface area contributed by atoms with Crippen LogP contribution in [0.3, 0.4) is 0 Å². The van der Waals surface area contributed by atoms with Crippen LogP contribution in [0.1, 0.15) is 24.3 Å². The van der Waals surface area contributed by atoms with Gasteiger partial charge in [-0.1, -0.05) is 40.9 Å². The van der Waals surface area contributed by atoms with Crippen LogP contribution in [0.2, 0.25) is 15.2 Å². The number of benzene rings is 2. The highest BCUT2D eigenvalue weighted by molar-refractivity contribution is 6.42. The molecule has 0 aliphatic carbocycles. The molecule has 0 saturated carbocycles. The van der Waals surface area contributed by atoms with Crippen molar-refractivity contribution in [3.8, 4) is 5.75 Å². The Hall–Kier alpha value is -2.98. The molecule has 2 aromatic carbocycles. The largest absolute Gasteiger partial charge is 0.415 e. The minimum absolute atomic E-state index is 0.0611. The first-order valence-corrected chi connectivity index (χ1v) is 14.0. The predicted octanol–water partition coefficient (Wildman–Crippen LogP) is 5.62. The lowest BCUT2D eigenvalue weighted by atomic mass is 9.72. The Morgan fingerprint density at radius 2 is 1.75 bits per heavy atom. The number of hydrogen-bond donors (Lipinski definition) is 1. The maximum atomic E-state index is 14.5. The molecule has 0 bridgehead atoms. The van der Waals surface area contributed by atoms with Crippen molar-refractivity contribution in [1.29, 1.82) is 0 Å². The minimum Gasteiger partial charge on any atom is -0.410 e. The standard InChI is InChI=1S/C28H27Cl3FN5O3/c1-36(27(39)40-20-5-3-19(32)4-6-20)28(16-33-15-21(28)18-2-7-22(29)23(30)14-18)26(38)17-10-12-37(13-11-17)25-9-8-24(31)34-35-25/h2-9,14,17,21,33H,10-13,15-16H2,1H3/t21-,28+/m1/s1. The smallest absolute Gasteiger partial charge is 0.410 e. The van der Waals surface area contributed by atoms with Crippen molar-refractivity contribution in [2.24, 2.45) is 5.92 Å². The summed E-state index contributed by atoms with van der Waals surface area (Å²) in [6, 6.07) is 13.9. The number of aromatic nitrogens is 2. The Balaban J connectivity index is 1.44. The van der Waals surface area contributed by atoms with E-state index in [1.165, 1.54) is 29.2 Å². The van der Waals surface area contributed by atoms with E-state index in [2.05, 4.69) is 20.4 Å². The number of anilines is 1. The van der Waals surface area contributed by atoms with Gasteiger partial charge in [-0.2, -0.15) is 0 Å². The van der Waals surface area contributed by atoms with Gasteiger partial charge in [-0.05, 0) is 66.9 Å². The molecule has 2 fully saturated rings. The van der Waals surface area contributed by atoms with Gasteiger partial charge in [0.2, 0.25) is 0 Å². The second-order valence-electron chi connectivity index (χ2n) is 10.0. The number of amides is 1. The maximum Gasteiger partial charge on any atom is 0.415 e. The van der Waals surface area contributed by atoms with Gasteiger partial charge in [-0.25, -0.2) is 9.18 Å². The monoisotopic (exact) mass is 605 g/mol. The van der Waals surface area contributed by atoms with Crippen molar-refractivity contribution in [3.05, 3.63) is 81.2 Å². The van der Waals surface area contributed by atoms with Crippen LogP contribution in [0.15, 0.2) is 54.6 Å². The van der Waals surface area contributed by atoms with Crippen LogP contribution in [0.5, 0.6) is 5.75 Å². The molecule has 2 atom stereocenters. The van der Waals surface area contributed by atoms with Crippen LogP contribution in [-0.2, 0) is 4.79 Å². The third-order valence-corrected chi connectivity index (χ3v) is 8.73. The molecule has 3 aromatic rings. The molecule has 1 aromatic heterocycles. The number of nitrogens with one attached hydrogen (secondary N) is 1. The molecule has 2 aliphatic rings. The van der Waals surface area contributed by atoms with E-state index in [4.69, 9.17) is 39.5 Å². The molecule has 12 heteroatoms. The van der Waals surface area contributed by atoms with Crippen LogP contribution in [0, 0.1) is 11.7 Å². The molecule has 2 saturated heterocycles. The van der Waals surface area contributed by atoms with Crippen molar-refractivity contribution < 1.29 is 18.7 Å². The van der Waals surface area contributed by atoms with E-state index in [-0.39, 0.29) is 24.0 Å². The molecular weight excluding hydrogens is 580 g/mol. The normalized spacial score (nSPS) is 21.3. The number of piperidine rings is 1. The van der Waals surface area contributed by atoms with Crippen molar-refractivity contribution in [2.45, 2.75) is 24.3 Å². The highest BCUT2D eigenvalue weighted by Crippen LogP contribution is 2.42. The Morgan fingerprint density at radius 3 is 2.40 bits per heavy atom. The van der Waals surface area contributed by atoms with Gasteiger partial charge >= 0.3 is 6.09 Å². The third-order valence-electron chi connectivity index (χ3n) is 7.79. The number of rotatable bonds is 6. The molecule has 0 unspecified atom stereocenters. The topological polar surface area (TPSA) is 87.7 Å². The zero-order chi connectivity index (χ0) is 28.4. The number of Topliss-reactive ketones (excluding diaryl/α,β-unsaturated/α-hetero) is 1. The average molecular weight is 607 g/mol. The van der Waals surface area contributed by atoms with Crippen LogP contribution in [0.25, 0.3) is 0 Å². The summed E-state index contributed by atoms with van der Waals surface area (Å²) in [5, 5.41) is 12.5. The van der Waals surface area contributed by atoms with E-state index in [9.17, 15) is 14.0 Å². The fourth-order valence-electron chi connectivity index (χ4n) is 5.63. The molecule has 5 rings (SSSR count). The summed E-state index contributed by atoms with van der Waals surface area (Å²) in [5.74, 6) is -0.371. The molecular formula is C28H27Cl3FN5O3. The van der Waals surface area contributed by atoms with E-state index < -0.39 is 23.4 Å². The summed E-state index contributed by atoms with van der Waals surface area (Å²) < 4.78 is 19.0. The first-order chi connectivity index (χ1) is 19.2. The molecule has 210 valence electrons. The Bertz CT molecular complexity index is 1390. The summed E-state index contributed by atoms with van der Waals surface area (Å²) in [6.45, 7) is 1.86. The molecule has 8 nitrogen and oxygen atoms in total. The van der Waals surface area contributed by atoms with Gasteiger partial charge in [0, 0.05) is 45.1 Å². The number of halogens is 4. The van der Waals surface area contributed by atoms with Gasteiger partial charge in [0.05, 0.1) is 10.0 Å². The summed E-state index contributed by atoms with van der Waals surface area (Å²) in [6.07, 6.45) is 0.419. The quantitative estimate of drug-likeness (QED) is 0.390. The zero-order valence-electron chi connectivity index (χ0n) is 21.6. The van der Waals surface area contributed by atoms with Crippen molar-refractivity contribution >= 4 is 52.5 Å². The Morgan fingerprint density at radius 1 is 1.02 bits per heavy atom. The molecule has 0 spiro atoms. The first kappa shape index (κ1) is 28.5. The second-order valence-corrected chi connectivity index (χ2v) is 11.2. The van der Waals surface area contributed by atoms with Gasteiger partial charge < -0.3 is 15.0 Å². The Labute approximate surface area is 246 Å². The van der Waals surface area contributed by atoms with Crippen LogP contribution in [0.4, 0.5) is 15.0 Å². The fraction of sp³-hybridized carbons (Fsp3) is 0.357. The average Bonchev–Trinajstić information content (AvgIpc) is 3.41. The summed E-state index contributed by atoms with van der Waals surface area (Å²) >= 11 is 18.4. The maximum absolute atomic E-state index is 14.5.